The maximum Gasteiger partial charge on any atom is 0.265 e. The number of ether oxygens (including phenoxy) is 1. The molecule has 1 amide bonds. The van der Waals surface area contributed by atoms with Gasteiger partial charge in [-0.15, -0.1) is 0 Å². The summed E-state index contributed by atoms with van der Waals surface area (Å²) in [6.07, 6.45) is -0.716. The molecule has 0 fully saturated rings. The van der Waals surface area contributed by atoms with Gasteiger partial charge in [-0.25, -0.2) is 8.42 Å². The molecule has 0 radical (unpaired) electrons. The molecule has 0 spiro atoms. The number of carbonyl (C=O) groups excluding carboxylic acids is 1. The van der Waals surface area contributed by atoms with Gasteiger partial charge in [0.15, 0.2) is 6.10 Å². The van der Waals surface area contributed by atoms with Crippen LogP contribution in [0, 0.1) is 20.8 Å². The first-order valence-electron chi connectivity index (χ1n) is 9.89. The summed E-state index contributed by atoms with van der Waals surface area (Å²) in [6.45, 7) is 7.52. The third-order valence-corrected chi connectivity index (χ3v) is 6.36. The fourth-order valence-electron chi connectivity index (χ4n) is 2.89. The minimum Gasteiger partial charge on any atom is -0.481 e. The van der Waals surface area contributed by atoms with Crippen LogP contribution >= 0.6 is 0 Å². The Hall–Kier alpha value is -3.32. The molecule has 3 aromatic carbocycles. The lowest BCUT2D eigenvalue weighted by molar-refractivity contribution is -0.122. The molecule has 0 aliphatic rings. The van der Waals surface area contributed by atoms with Crippen LogP contribution in [0.5, 0.6) is 5.75 Å². The van der Waals surface area contributed by atoms with Crippen molar-refractivity contribution >= 4 is 27.3 Å². The van der Waals surface area contributed by atoms with Crippen LogP contribution in [0.4, 0.5) is 11.4 Å². The summed E-state index contributed by atoms with van der Waals surface area (Å²) in [4.78, 5) is 12.6. The summed E-state index contributed by atoms with van der Waals surface area (Å²) in [5.74, 6) is 0.334. The third kappa shape index (κ3) is 5.64. The Labute approximate surface area is 183 Å². The Morgan fingerprint density at radius 2 is 1.48 bits per heavy atom. The molecule has 2 N–H and O–H groups in total. The summed E-state index contributed by atoms with van der Waals surface area (Å²) < 4.78 is 33.5. The van der Waals surface area contributed by atoms with Gasteiger partial charge in [-0.3, -0.25) is 9.52 Å². The van der Waals surface area contributed by atoms with Crippen LogP contribution in [-0.4, -0.2) is 20.4 Å². The number of hydrogen-bond acceptors (Lipinski definition) is 4. The van der Waals surface area contributed by atoms with E-state index >= 15 is 0 Å². The summed E-state index contributed by atoms with van der Waals surface area (Å²) in [6, 6.07) is 18.8. The standard InChI is InChI=1S/C24H26N2O4S/c1-16-8-10-21(11-9-16)26-31(28,29)22-14-12-20(13-15-22)25-24(27)19(4)30-23-7-5-6-17(2)18(23)3/h5-15,19,26H,1-4H3,(H,25,27)/t19-/m1/s1. The largest absolute Gasteiger partial charge is 0.481 e. The average molecular weight is 439 g/mol. The Morgan fingerprint density at radius 1 is 0.871 bits per heavy atom. The van der Waals surface area contributed by atoms with Crippen molar-refractivity contribution in [1.29, 1.82) is 0 Å². The molecular formula is C24H26N2O4S. The normalized spacial score (nSPS) is 12.1. The second-order valence-corrected chi connectivity index (χ2v) is 9.13. The highest BCUT2D eigenvalue weighted by molar-refractivity contribution is 7.92. The lowest BCUT2D eigenvalue weighted by Gasteiger charge is -2.17. The molecule has 0 saturated carbocycles. The summed E-state index contributed by atoms with van der Waals surface area (Å²) in [5, 5.41) is 2.75. The monoisotopic (exact) mass is 438 g/mol. The van der Waals surface area contributed by atoms with E-state index in [1.165, 1.54) is 12.1 Å². The van der Waals surface area contributed by atoms with E-state index in [-0.39, 0.29) is 10.8 Å². The van der Waals surface area contributed by atoms with Crippen molar-refractivity contribution < 1.29 is 17.9 Å². The zero-order valence-corrected chi connectivity index (χ0v) is 18.8. The summed E-state index contributed by atoms with van der Waals surface area (Å²) in [5.41, 5.74) is 4.08. The van der Waals surface area contributed by atoms with Crippen LogP contribution in [0.25, 0.3) is 0 Å². The average Bonchev–Trinajstić information content (AvgIpc) is 2.73. The van der Waals surface area contributed by atoms with Crippen molar-refractivity contribution in [2.45, 2.75) is 38.7 Å². The Bertz CT molecular complexity index is 1170. The highest BCUT2D eigenvalue weighted by Gasteiger charge is 2.18. The van der Waals surface area contributed by atoms with E-state index in [0.29, 0.717) is 17.1 Å². The predicted octanol–water partition coefficient (Wildman–Crippen LogP) is 4.82. The minimum atomic E-state index is -3.72. The van der Waals surface area contributed by atoms with Gasteiger partial charge in [0.2, 0.25) is 0 Å². The highest BCUT2D eigenvalue weighted by atomic mass is 32.2. The minimum absolute atomic E-state index is 0.103. The van der Waals surface area contributed by atoms with Crippen LogP contribution in [0.2, 0.25) is 0 Å². The van der Waals surface area contributed by atoms with Crippen molar-refractivity contribution in [2.24, 2.45) is 0 Å². The van der Waals surface area contributed by atoms with E-state index in [9.17, 15) is 13.2 Å². The molecule has 0 bridgehead atoms. The maximum absolute atomic E-state index is 12.6. The lowest BCUT2D eigenvalue weighted by Crippen LogP contribution is -2.30. The molecule has 7 heteroatoms. The van der Waals surface area contributed by atoms with Crippen molar-refractivity contribution in [3.05, 3.63) is 83.4 Å². The number of rotatable bonds is 7. The third-order valence-electron chi connectivity index (χ3n) is 4.96. The number of aryl methyl sites for hydroxylation is 2. The maximum atomic E-state index is 12.6. The van der Waals surface area contributed by atoms with E-state index in [4.69, 9.17) is 4.74 Å². The summed E-state index contributed by atoms with van der Waals surface area (Å²) >= 11 is 0. The van der Waals surface area contributed by atoms with Gasteiger partial charge in [-0.05, 0) is 81.3 Å². The van der Waals surface area contributed by atoms with Crippen molar-refractivity contribution in [3.8, 4) is 5.75 Å². The van der Waals surface area contributed by atoms with Crippen molar-refractivity contribution in [2.75, 3.05) is 10.0 Å². The number of hydrogen-bond donors (Lipinski definition) is 2. The number of carbonyl (C=O) groups is 1. The number of amides is 1. The van der Waals surface area contributed by atoms with Gasteiger partial charge in [0, 0.05) is 11.4 Å². The molecule has 0 heterocycles. The van der Waals surface area contributed by atoms with Crippen molar-refractivity contribution in [3.63, 3.8) is 0 Å². The second-order valence-electron chi connectivity index (χ2n) is 7.44. The molecule has 3 aromatic rings. The second kappa shape index (κ2) is 9.22. The molecule has 0 aliphatic carbocycles. The Morgan fingerprint density at radius 3 is 2.13 bits per heavy atom. The zero-order chi connectivity index (χ0) is 22.6. The van der Waals surface area contributed by atoms with E-state index in [1.807, 2.05) is 51.1 Å². The van der Waals surface area contributed by atoms with E-state index < -0.39 is 16.1 Å². The molecule has 0 aliphatic heterocycles. The molecule has 0 unspecified atom stereocenters. The Kier molecular flexibility index (Phi) is 6.65. The van der Waals surface area contributed by atoms with Gasteiger partial charge in [0.05, 0.1) is 4.90 Å². The van der Waals surface area contributed by atoms with Crippen LogP contribution in [0.3, 0.4) is 0 Å². The molecule has 0 aromatic heterocycles. The van der Waals surface area contributed by atoms with Gasteiger partial charge in [-0.1, -0.05) is 29.8 Å². The number of nitrogens with one attached hydrogen (secondary N) is 2. The van der Waals surface area contributed by atoms with E-state index in [2.05, 4.69) is 10.0 Å². The fraction of sp³-hybridized carbons (Fsp3) is 0.208. The van der Waals surface area contributed by atoms with Gasteiger partial charge in [0.25, 0.3) is 15.9 Å². The quantitative estimate of drug-likeness (QED) is 0.554. The first-order valence-corrected chi connectivity index (χ1v) is 11.4. The SMILES string of the molecule is Cc1ccc(NS(=O)(=O)c2ccc(NC(=O)[C@@H](C)Oc3cccc(C)c3C)cc2)cc1. The van der Waals surface area contributed by atoms with Crippen LogP contribution in [-0.2, 0) is 14.8 Å². The Balaban J connectivity index is 1.64. The predicted molar refractivity (Wildman–Crippen MR) is 123 cm³/mol. The van der Waals surface area contributed by atoms with E-state index in [0.717, 1.165) is 16.7 Å². The molecule has 0 saturated heterocycles. The fourth-order valence-corrected chi connectivity index (χ4v) is 3.95. The van der Waals surface area contributed by atoms with Crippen LogP contribution < -0.4 is 14.8 Å². The first kappa shape index (κ1) is 22.4. The molecular weight excluding hydrogens is 412 g/mol. The van der Waals surface area contributed by atoms with E-state index in [1.54, 1.807) is 31.2 Å². The van der Waals surface area contributed by atoms with Gasteiger partial charge >= 0.3 is 0 Å². The molecule has 1 atom stereocenters. The number of anilines is 2. The van der Waals surface area contributed by atoms with Crippen molar-refractivity contribution in [1.82, 2.24) is 0 Å². The van der Waals surface area contributed by atoms with Gasteiger partial charge < -0.3 is 10.1 Å². The molecule has 31 heavy (non-hydrogen) atoms. The smallest absolute Gasteiger partial charge is 0.265 e. The highest BCUT2D eigenvalue weighted by Crippen LogP contribution is 2.23. The first-order chi connectivity index (χ1) is 14.7. The molecule has 162 valence electrons. The molecule has 3 rings (SSSR count). The van der Waals surface area contributed by atoms with Gasteiger partial charge in [-0.2, -0.15) is 0 Å². The number of sulfonamides is 1. The zero-order valence-electron chi connectivity index (χ0n) is 18.0. The number of benzene rings is 3. The van der Waals surface area contributed by atoms with Gasteiger partial charge in [0.1, 0.15) is 5.75 Å². The van der Waals surface area contributed by atoms with Crippen LogP contribution in [0.15, 0.2) is 71.6 Å². The topological polar surface area (TPSA) is 84.5 Å². The van der Waals surface area contributed by atoms with Crippen LogP contribution in [0.1, 0.15) is 23.6 Å². The summed E-state index contributed by atoms with van der Waals surface area (Å²) in [7, 11) is -3.72. The lowest BCUT2D eigenvalue weighted by atomic mass is 10.1. The molecule has 6 nitrogen and oxygen atoms in total.